The van der Waals surface area contributed by atoms with Crippen LogP contribution in [0.25, 0.3) is 0 Å². The third-order valence-electron chi connectivity index (χ3n) is 2.94. The van der Waals surface area contributed by atoms with Gasteiger partial charge in [0.1, 0.15) is 5.75 Å². The molecule has 0 radical (unpaired) electrons. The summed E-state index contributed by atoms with van der Waals surface area (Å²) in [5.74, 6) is 0.0396. The molecule has 0 N–H and O–H groups in total. The summed E-state index contributed by atoms with van der Waals surface area (Å²) in [5, 5.41) is 9.02. The SMILES string of the molecule is Cc1cc(OC(=O)c2ncc(N(C)C)o2)cc(C)c1C#N. The van der Waals surface area contributed by atoms with Crippen LogP contribution in [0.3, 0.4) is 0 Å². The molecule has 0 aliphatic heterocycles. The average molecular weight is 285 g/mol. The number of oxazole rings is 1. The fourth-order valence-corrected chi connectivity index (χ4v) is 1.88. The van der Waals surface area contributed by atoms with Crippen molar-refractivity contribution in [1.29, 1.82) is 5.26 Å². The van der Waals surface area contributed by atoms with E-state index in [0.717, 1.165) is 11.1 Å². The van der Waals surface area contributed by atoms with Gasteiger partial charge in [0.05, 0.1) is 17.8 Å². The van der Waals surface area contributed by atoms with Crippen molar-refractivity contribution in [2.24, 2.45) is 0 Å². The third-order valence-corrected chi connectivity index (χ3v) is 2.94. The van der Waals surface area contributed by atoms with Crippen molar-refractivity contribution in [3.05, 3.63) is 40.9 Å². The van der Waals surface area contributed by atoms with Crippen LogP contribution in [0.15, 0.2) is 22.7 Å². The number of nitriles is 1. The second kappa shape index (κ2) is 5.67. The zero-order valence-corrected chi connectivity index (χ0v) is 12.3. The van der Waals surface area contributed by atoms with Crippen LogP contribution in [0.5, 0.6) is 5.75 Å². The molecule has 0 fully saturated rings. The number of aromatic nitrogens is 1. The van der Waals surface area contributed by atoms with Gasteiger partial charge in [-0.1, -0.05) is 0 Å². The van der Waals surface area contributed by atoms with E-state index in [1.165, 1.54) is 6.20 Å². The first-order chi connectivity index (χ1) is 9.92. The molecule has 0 saturated heterocycles. The van der Waals surface area contributed by atoms with E-state index in [1.54, 1.807) is 45.0 Å². The van der Waals surface area contributed by atoms with Gasteiger partial charge in [0.25, 0.3) is 0 Å². The van der Waals surface area contributed by atoms with Gasteiger partial charge in [-0.3, -0.25) is 0 Å². The summed E-state index contributed by atoms with van der Waals surface area (Å²) >= 11 is 0. The van der Waals surface area contributed by atoms with Crippen LogP contribution in [-0.2, 0) is 0 Å². The van der Waals surface area contributed by atoms with Crippen molar-refractivity contribution in [3.8, 4) is 11.8 Å². The van der Waals surface area contributed by atoms with E-state index in [2.05, 4.69) is 11.1 Å². The quantitative estimate of drug-likeness (QED) is 0.636. The number of esters is 1. The first-order valence-electron chi connectivity index (χ1n) is 6.29. The predicted octanol–water partition coefficient (Wildman–Crippen LogP) is 2.45. The number of nitrogens with zero attached hydrogens (tertiary/aromatic N) is 3. The maximum absolute atomic E-state index is 12.0. The van der Waals surface area contributed by atoms with Crippen molar-refractivity contribution in [2.45, 2.75) is 13.8 Å². The Bertz CT molecular complexity index is 703. The van der Waals surface area contributed by atoms with E-state index in [0.29, 0.717) is 17.2 Å². The lowest BCUT2D eigenvalue weighted by atomic mass is 10.0. The Hall–Kier alpha value is -2.81. The Morgan fingerprint density at radius 3 is 2.43 bits per heavy atom. The van der Waals surface area contributed by atoms with Crippen molar-refractivity contribution in [3.63, 3.8) is 0 Å². The summed E-state index contributed by atoms with van der Waals surface area (Å²) in [4.78, 5) is 17.5. The molecular formula is C15H15N3O3. The molecule has 6 nitrogen and oxygen atoms in total. The van der Waals surface area contributed by atoms with Crippen LogP contribution in [-0.4, -0.2) is 25.0 Å². The monoisotopic (exact) mass is 285 g/mol. The number of carbonyl (C=O) groups is 1. The lowest BCUT2D eigenvalue weighted by Gasteiger charge is -2.07. The van der Waals surface area contributed by atoms with Crippen LogP contribution >= 0.6 is 0 Å². The fourth-order valence-electron chi connectivity index (χ4n) is 1.88. The van der Waals surface area contributed by atoms with Gasteiger partial charge >= 0.3 is 11.9 Å². The van der Waals surface area contributed by atoms with Gasteiger partial charge in [0.2, 0.25) is 5.88 Å². The van der Waals surface area contributed by atoms with Crippen molar-refractivity contribution in [2.75, 3.05) is 19.0 Å². The summed E-state index contributed by atoms with van der Waals surface area (Å²) < 4.78 is 10.5. The average Bonchev–Trinajstić information content (AvgIpc) is 2.88. The molecule has 0 bridgehead atoms. The lowest BCUT2D eigenvalue weighted by Crippen LogP contribution is -2.10. The van der Waals surface area contributed by atoms with E-state index in [1.807, 2.05) is 0 Å². The minimum absolute atomic E-state index is 0.113. The number of rotatable bonds is 3. The van der Waals surface area contributed by atoms with Crippen LogP contribution in [0.4, 0.5) is 5.88 Å². The molecule has 1 aromatic heterocycles. The Kier molecular flexibility index (Phi) is 3.94. The Balaban J connectivity index is 2.21. The van der Waals surface area contributed by atoms with Gasteiger partial charge in [0, 0.05) is 14.1 Å². The highest BCUT2D eigenvalue weighted by atomic mass is 16.5. The number of carbonyl (C=O) groups excluding carboxylic acids is 1. The van der Waals surface area contributed by atoms with Crippen LogP contribution < -0.4 is 9.64 Å². The highest BCUT2D eigenvalue weighted by molar-refractivity contribution is 5.86. The van der Waals surface area contributed by atoms with Crippen molar-refractivity contribution >= 4 is 11.9 Å². The highest BCUT2D eigenvalue weighted by Crippen LogP contribution is 2.22. The summed E-state index contributed by atoms with van der Waals surface area (Å²) in [6, 6.07) is 5.39. The van der Waals surface area contributed by atoms with Crippen LogP contribution in [0.2, 0.25) is 0 Å². The normalized spacial score (nSPS) is 10.0. The van der Waals surface area contributed by atoms with E-state index in [9.17, 15) is 4.79 Å². The zero-order valence-electron chi connectivity index (χ0n) is 12.3. The molecule has 1 aromatic carbocycles. The molecule has 108 valence electrons. The van der Waals surface area contributed by atoms with Crippen LogP contribution in [0.1, 0.15) is 27.4 Å². The molecule has 0 atom stereocenters. The van der Waals surface area contributed by atoms with Crippen LogP contribution in [0, 0.1) is 25.2 Å². The molecule has 1 heterocycles. The number of ether oxygens (including phenoxy) is 1. The fraction of sp³-hybridized carbons (Fsp3) is 0.267. The Morgan fingerprint density at radius 1 is 1.33 bits per heavy atom. The third kappa shape index (κ3) is 3.03. The second-order valence-corrected chi connectivity index (χ2v) is 4.83. The van der Waals surface area contributed by atoms with E-state index >= 15 is 0 Å². The maximum atomic E-state index is 12.0. The van der Waals surface area contributed by atoms with E-state index in [4.69, 9.17) is 14.4 Å². The van der Waals surface area contributed by atoms with E-state index in [-0.39, 0.29) is 5.89 Å². The highest BCUT2D eigenvalue weighted by Gasteiger charge is 2.17. The minimum atomic E-state index is -0.674. The number of hydrogen-bond donors (Lipinski definition) is 0. The van der Waals surface area contributed by atoms with Gasteiger partial charge in [-0.25, -0.2) is 9.78 Å². The number of aryl methyl sites for hydroxylation is 2. The largest absolute Gasteiger partial charge is 0.419 e. The smallest absolute Gasteiger partial charge is 0.400 e. The molecule has 0 saturated carbocycles. The number of hydrogen-bond acceptors (Lipinski definition) is 6. The van der Waals surface area contributed by atoms with Gasteiger partial charge < -0.3 is 14.1 Å². The molecule has 2 aromatic rings. The number of benzene rings is 1. The maximum Gasteiger partial charge on any atom is 0.400 e. The molecular weight excluding hydrogens is 270 g/mol. The topological polar surface area (TPSA) is 79.4 Å². The first kappa shape index (κ1) is 14.6. The summed E-state index contributed by atoms with van der Waals surface area (Å²) in [6.45, 7) is 3.58. The Morgan fingerprint density at radius 2 is 1.95 bits per heavy atom. The predicted molar refractivity (Wildman–Crippen MR) is 76.4 cm³/mol. The molecule has 2 rings (SSSR count). The molecule has 6 heteroatoms. The molecule has 0 unspecified atom stereocenters. The molecule has 0 amide bonds. The van der Waals surface area contributed by atoms with Crippen molar-refractivity contribution in [1.82, 2.24) is 4.98 Å². The van der Waals surface area contributed by atoms with Gasteiger partial charge in [-0.2, -0.15) is 5.26 Å². The van der Waals surface area contributed by atoms with Gasteiger partial charge in [-0.15, -0.1) is 0 Å². The Labute approximate surface area is 122 Å². The standard InChI is InChI=1S/C15H15N3O3/c1-9-5-11(6-10(2)12(9)7-16)20-15(19)14-17-8-13(21-14)18(3)4/h5-6,8H,1-4H3. The van der Waals surface area contributed by atoms with Gasteiger partial charge in [-0.05, 0) is 37.1 Å². The summed E-state index contributed by atoms with van der Waals surface area (Å²) in [5.41, 5.74) is 2.09. The molecule has 0 aliphatic carbocycles. The zero-order chi connectivity index (χ0) is 15.6. The number of anilines is 1. The lowest BCUT2D eigenvalue weighted by molar-refractivity contribution is 0.0693. The van der Waals surface area contributed by atoms with Crippen molar-refractivity contribution < 1.29 is 13.9 Å². The molecule has 21 heavy (non-hydrogen) atoms. The van der Waals surface area contributed by atoms with E-state index < -0.39 is 5.97 Å². The molecule has 0 spiro atoms. The summed E-state index contributed by atoms with van der Waals surface area (Å²) in [7, 11) is 3.56. The second-order valence-electron chi connectivity index (χ2n) is 4.83. The summed E-state index contributed by atoms with van der Waals surface area (Å²) in [6.07, 6.45) is 1.45. The molecule has 0 aliphatic rings. The minimum Gasteiger partial charge on any atom is -0.419 e. The first-order valence-corrected chi connectivity index (χ1v) is 6.29. The van der Waals surface area contributed by atoms with Gasteiger partial charge in [0.15, 0.2) is 0 Å².